The van der Waals surface area contributed by atoms with E-state index in [-0.39, 0.29) is 11.9 Å². The molecule has 3 nitrogen and oxygen atoms in total. The first-order valence-corrected chi connectivity index (χ1v) is 5.29. The number of carbonyl (C=O) groups excluding carboxylic acids is 1. The minimum Gasteiger partial charge on any atom is -0.343 e. The van der Waals surface area contributed by atoms with E-state index in [1.165, 1.54) is 5.56 Å². The number of likely N-dealkylation sites (N-methyl/N-ethyl adjacent to an activating group) is 1. The molecule has 1 N–H and O–H groups in total. The Hall–Kier alpha value is -1.35. The fourth-order valence-corrected chi connectivity index (χ4v) is 1.88. The van der Waals surface area contributed by atoms with Gasteiger partial charge in [0.25, 0.3) is 0 Å². The summed E-state index contributed by atoms with van der Waals surface area (Å²) in [4.78, 5) is 13.6. The highest BCUT2D eigenvalue weighted by atomic mass is 16.2. The van der Waals surface area contributed by atoms with E-state index in [0.717, 1.165) is 19.5 Å². The molecule has 3 heteroatoms. The van der Waals surface area contributed by atoms with Crippen molar-refractivity contribution in [2.75, 3.05) is 20.1 Å². The SMILES string of the molecule is CN1CCNC(Cc2ccccc2)C1=O. The van der Waals surface area contributed by atoms with Crippen LogP contribution in [0.25, 0.3) is 0 Å². The monoisotopic (exact) mass is 204 g/mol. The summed E-state index contributed by atoms with van der Waals surface area (Å²) in [7, 11) is 1.86. The molecule has 2 rings (SSSR count). The summed E-state index contributed by atoms with van der Waals surface area (Å²) in [5.41, 5.74) is 1.21. The third kappa shape index (κ3) is 2.36. The maximum Gasteiger partial charge on any atom is 0.239 e. The lowest BCUT2D eigenvalue weighted by Gasteiger charge is -2.30. The third-order valence-corrected chi connectivity index (χ3v) is 2.79. The molecule has 1 heterocycles. The minimum atomic E-state index is -0.0499. The first-order chi connectivity index (χ1) is 7.27. The zero-order chi connectivity index (χ0) is 10.7. The number of benzene rings is 1. The molecule has 0 saturated carbocycles. The number of amides is 1. The Labute approximate surface area is 90.1 Å². The van der Waals surface area contributed by atoms with Crippen LogP contribution < -0.4 is 5.32 Å². The fraction of sp³-hybridized carbons (Fsp3) is 0.417. The van der Waals surface area contributed by atoms with Gasteiger partial charge < -0.3 is 10.2 Å². The second kappa shape index (κ2) is 4.45. The van der Waals surface area contributed by atoms with Gasteiger partial charge in [0.2, 0.25) is 5.91 Å². The highest BCUT2D eigenvalue weighted by Gasteiger charge is 2.25. The minimum absolute atomic E-state index is 0.0499. The first kappa shape index (κ1) is 10.2. The summed E-state index contributed by atoms with van der Waals surface area (Å²) in [6.45, 7) is 1.70. The van der Waals surface area contributed by atoms with Crippen molar-refractivity contribution in [2.24, 2.45) is 0 Å². The van der Waals surface area contributed by atoms with Gasteiger partial charge in [0.1, 0.15) is 0 Å². The van der Waals surface area contributed by atoms with Gasteiger partial charge >= 0.3 is 0 Å². The van der Waals surface area contributed by atoms with E-state index in [2.05, 4.69) is 17.4 Å². The van der Waals surface area contributed by atoms with Crippen molar-refractivity contribution >= 4 is 5.91 Å². The van der Waals surface area contributed by atoms with Crippen molar-refractivity contribution in [1.29, 1.82) is 0 Å². The van der Waals surface area contributed by atoms with E-state index >= 15 is 0 Å². The van der Waals surface area contributed by atoms with E-state index in [0.29, 0.717) is 0 Å². The highest BCUT2D eigenvalue weighted by Crippen LogP contribution is 2.07. The van der Waals surface area contributed by atoms with Gasteiger partial charge in [-0.2, -0.15) is 0 Å². The molecule has 1 aromatic carbocycles. The topological polar surface area (TPSA) is 32.3 Å². The zero-order valence-electron chi connectivity index (χ0n) is 8.94. The second-order valence-corrected chi connectivity index (χ2v) is 3.96. The number of carbonyl (C=O) groups is 1. The van der Waals surface area contributed by atoms with Crippen molar-refractivity contribution in [3.8, 4) is 0 Å². The van der Waals surface area contributed by atoms with E-state index in [4.69, 9.17) is 0 Å². The van der Waals surface area contributed by atoms with Gasteiger partial charge in [-0.1, -0.05) is 30.3 Å². The van der Waals surface area contributed by atoms with Gasteiger partial charge in [-0.15, -0.1) is 0 Å². The standard InChI is InChI=1S/C12H16N2O/c1-14-8-7-13-11(12(14)15)9-10-5-3-2-4-6-10/h2-6,11,13H,7-9H2,1H3. The number of hydrogen-bond acceptors (Lipinski definition) is 2. The average molecular weight is 204 g/mol. The van der Waals surface area contributed by atoms with Crippen LogP contribution in [0, 0.1) is 0 Å². The molecule has 0 aromatic heterocycles. The zero-order valence-corrected chi connectivity index (χ0v) is 8.94. The summed E-state index contributed by atoms with van der Waals surface area (Å²) in [6.07, 6.45) is 0.782. The molecule has 0 radical (unpaired) electrons. The van der Waals surface area contributed by atoms with Crippen molar-refractivity contribution < 1.29 is 4.79 Å². The molecule has 1 aromatic rings. The molecule has 1 atom stereocenters. The Morgan fingerprint density at radius 2 is 2.13 bits per heavy atom. The molecule has 1 fully saturated rings. The van der Waals surface area contributed by atoms with Crippen molar-refractivity contribution in [1.82, 2.24) is 10.2 Å². The van der Waals surface area contributed by atoms with Gasteiger partial charge in [-0.25, -0.2) is 0 Å². The van der Waals surface area contributed by atoms with E-state index in [1.807, 2.05) is 25.2 Å². The van der Waals surface area contributed by atoms with Crippen LogP contribution in [0.5, 0.6) is 0 Å². The van der Waals surface area contributed by atoms with Crippen molar-refractivity contribution in [3.05, 3.63) is 35.9 Å². The molecular weight excluding hydrogens is 188 g/mol. The van der Waals surface area contributed by atoms with Gasteiger partial charge in [0.15, 0.2) is 0 Å². The average Bonchev–Trinajstić information content (AvgIpc) is 2.26. The van der Waals surface area contributed by atoms with Gasteiger partial charge in [-0.3, -0.25) is 4.79 Å². The van der Waals surface area contributed by atoms with E-state index in [9.17, 15) is 4.79 Å². The first-order valence-electron chi connectivity index (χ1n) is 5.29. The number of hydrogen-bond donors (Lipinski definition) is 1. The second-order valence-electron chi connectivity index (χ2n) is 3.96. The Morgan fingerprint density at radius 3 is 2.87 bits per heavy atom. The van der Waals surface area contributed by atoms with Crippen molar-refractivity contribution in [3.63, 3.8) is 0 Å². The number of rotatable bonds is 2. The number of nitrogens with zero attached hydrogens (tertiary/aromatic N) is 1. The molecule has 1 saturated heterocycles. The predicted molar refractivity (Wildman–Crippen MR) is 59.6 cm³/mol. The molecule has 15 heavy (non-hydrogen) atoms. The van der Waals surface area contributed by atoms with Crippen molar-refractivity contribution in [2.45, 2.75) is 12.5 Å². The Morgan fingerprint density at radius 1 is 1.40 bits per heavy atom. The number of piperazine rings is 1. The van der Waals surface area contributed by atoms with Gasteiger partial charge in [0, 0.05) is 20.1 Å². The Bertz CT molecular complexity index is 337. The molecular formula is C12H16N2O. The van der Waals surface area contributed by atoms with Crippen LogP contribution in [0.2, 0.25) is 0 Å². The highest BCUT2D eigenvalue weighted by molar-refractivity contribution is 5.82. The lowest BCUT2D eigenvalue weighted by molar-refractivity contribution is -0.134. The molecule has 1 amide bonds. The normalized spacial score (nSPS) is 21.8. The molecule has 80 valence electrons. The quantitative estimate of drug-likeness (QED) is 0.767. The molecule has 0 spiro atoms. The van der Waals surface area contributed by atoms with Gasteiger partial charge in [-0.05, 0) is 12.0 Å². The van der Waals surface area contributed by atoms with Crippen LogP contribution >= 0.6 is 0 Å². The maximum atomic E-state index is 11.8. The summed E-state index contributed by atoms with van der Waals surface area (Å²) < 4.78 is 0. The maximum absolute atomic E-state index is 11.8. The van der Waals surface area contributed by atoms with Crippen LogP contribution in [0.4, 0.5) is 0 Å². The van der Waals surface area contributed by atoms with Crippen LogP contribution in [0.15, 0.2) is 30.3 Å². The Kier molecular flexibility index (Phi) is 3.02. The van der Waals surface area contributed by atoms with Crippen LogP contribution in [-0.2, 0) is 11.2 Å². The Balaban J connectivity index is 2.03. The lowest BCUT2D eigenvalue weighted by Crippen LogP contribution is -2.54. The van der Waals surface area contributed by atoms with E-state index < -0.39 is 0 Å². The van der Waals surface area contributed by atoms with Gasteiger partial charge in [0.05, 0.1) is 6.04 Å². The third-order valence-electron chi connectivity index (χ3n) is 2.79. The summed E-state index contributed by atoms with van der Waals surface area (Å²) >= 11 is 0. The summed E-state index contributed by atoms with van der Waals surface area (Å²) in [5.74, 6) is 0.199. The summed E-state index contributed by atoms with van der Waals surface area (Å²) in [5, 5.41) is 3.26. The fourth-order valence-electron chi connectivity index (χ4n) is 1.88. The number of nitrogens with one attached hydrogen (secondary N) is 1. The van der Waals surface area contributed by atoms with Crippen LogP contribution in [0.3, 0.4) is 0 Å². The van der Waals surface area contributed by atoms with E-state index in [1.54, 1.807) is 4.90 Å². The molecule has 1 aliphatic heterocycles. The molecule has 0 bridgehead atoms. The van der Waals surface area contributed by atoms with Crippen LogP contribution in [0.1, 0.15) is 5.56 Å². The molecule has 0 aliphatic carbocycles. The van der Waals surface area contributed by atoms with Crippen LogP contribution in [-0.4, -0.2) is 37.0 Å². The predicted octanol–water partition coefficient (Wildman–Crippen LogP) is 0.659. The smallest absolute Gasteiger partial charge is 0.239 e. The molecule has 1 unspecified atom stereocenters. The lowest BCUT2D eigenvalue weighted by atomic mass is 10.0. The molecule has 1 aliphatic rings. The summed E-state index contributed by atoms with van der Waals surface area (Å²) in [6, 6.07) is 10.1. The largest absolute Gasteiger partial charge is 0.343 e.